The molecule has 4 aromatic carbocycles. The second-order valence-electron chi connectivity index (χ2n) is 8.36. The van der Waals surface area contributed by atoms with Gasteiger partial charge in [0.05, 0.1) is 11.1 Å². The molecule has 0 spiro atoms. The van der Waals surface area contributed by atoms with Crippen molar-refractivity contribution in [3.63, 3.8) is 0 Å². The molecular weight excluding hydrogens is 406 g/mol. The third-order valence-corrected chi connectivity index (χ3v) is 6.63. The summed E-state index contributed by atoms with van der Waals surface area (Å²) in [6, 6.07) is 29.7. The average Bonchev–Trinajstić information content (AvgIpc) is 3.57. The van der Waals surface area contributed by atoms with Crippen LogP contribution in [0, 0.1) is 0 Å². The van der Waals surface area contributed by atoms with Gasteiger partial charge in [0.1, 0.15) is 17.0 Å². The van der Waals surface area contributed by atoms with Gasteiger partial charge in [-0.3, -0.25) is 4.57 Å². The molecule has 0 aliphatic carbocycles. The van der Waals surface area contributed by atoms with Crippen molar-refractivity contribution in [2.75, 3.05) is 0 Å². The van der Waals surface area contributed by atoms with Crippen molar-refractivity contribution in [2.45, 2.75) is 13.5 Å². The van der Waals surface area contributed by atoms with Gasteiger partial charge in [0, 0.05) is 51.7 Å². The predicted octanol–water partition coefficient (Wildman–Crippen LogP) is 7.57. The molecule has 0 saturated carbocycles. The summed E-state index contributed by atoms with van der Waals surface area (Å²) >= 11 is 0. The highest BCUT2D eigenvalue weighted by atomic mass is 16.3. The van der Waals surface area contributed by atoms with Crippen LogP contribution in [0.5, 0.6) is 0 Å². The third kappa shape index (κ3) is 2.55. The predicted molar refractivity (Wildman–Crippen MR) is 135 cm³/mol. The number of rotatable bonds is 3. The number of benzene rings is 4. The van der Waals surface area contributed by atoms with E-state index in [9.17, 15) is 0 Å². The summed E-state index contributed by atoms with van der Waals surface area (Å²) in [5, 5.41) is 4.75. The number of aromatic nitrogens is 3. The lowest BCUT2D eigenvalue weighted by Gasteiger charge is -2.10. The largest absolute Gasteiger partial charge is 0.456 e. The Hall–Kier alpha value is -4.31. The quantitative estimate of drug-likeness (QED) is 0.292. The first kappa shape index (κ1) is 18.3. The maximum absolute atomic E-state index is 6.12. The molecule has 0 atom stereocenters. The Balaban J connectivity index is 1.49. The van der Waals surface area contributed by atoms with Gasteiger partial charge in [-0.2, -0.15) is 0 Å². The first-order valence-corrected chi connectivity index (χ1v) is 11.3. The van der Waals surface area contributed by atoms with Gasteiger partial charge in [-0.1, -0.05) is 42.5 Å². The Morgan fingerprint density at radius 2 is 1.55 bits per heavy atom. The molecule has 158 valence electrons. The second kappa shape index (κ2) is 6.84. The Kier molecular flexibility index (Phi) is 3.79. The maximum atomic E-state index is 6.12. The molecule has 3 heterocycles. The van der Waals surface area contributed by atoms with E-state index in [4.69, 9.17) is 9.40 Å². The lowest BCUT2D eigenvalue weighted by Crippen LogP contribution is -1.97. The molecule has 33 heavy (non-hydrogen) atoms. The number of para-hydroxylation sites is 2. The van der Waals surface area contributed by atoms with Crippen molar-refractivity contribution in [3.05, 3.63) is 97.3 Å². The molecule has 7 aromatic rings. The van der Waals surface area contributed by atoms with E-state index < -0.39 is 0 Å². The van der Waals surface area contributed by atoms with Crippen LogP contribution in [0.25, 0.3) is 60.8 Å². The third-order valence-electron chi connectivity index (χ3n) is 6.63. The highest BCUT2D eigenvalue weighted by Gasteiger charge is 2.17. The molecule has 0 fully saturated rings. The van der Waals surface area contributed by atoms with E-state index in [1.807, 2.05) is 36.7 Å². The summed E-state index contributed by atoms with van der Waals surface area (Å²) < 4.78 is 10.7. The highest BCUT2D eigenvalue weighted by molar-refractivity contribution is 6.10. The normalized spacial score (nSPS) is 11.9. The zero-order chi connectivity index (χ0) is 21.9. The molecule has 0 aliphatic heterocycles. The van der Waals surface area contributed by atoms with Crippen molar-refractivity contribution >= 4 is 43.7 Å². The van der Waals surface area contributed by atoms with E-state index >= 15 is 0 Å². The van der Waals surface area contributed by atoms with Crippen molar-refractivity contribution in [1.29, 1.82) is 0 Å². The fourth-order valence-corrected chi connectivity index (χ4v) is 5.20. The molecule has 7 rings (SSSR count). The van der Waals surface area contributed by atoms with Gasteiger partial charge in [0.2, 0.25) is 0 Å². The summed E-state index contributed by atoms with van der Waals surface area (Å²) in [5.74, 6) is 0.919. The zero-order valence-electron chi connectivity index (χ0n) is 18.2. The van der Waals surface area contributed by atoms with Gasteiger partial charge in [-0.05, 0) is 49.4 Å². The van der Waals surface area contributed by atoms with Crippen molar-refractivity contribution in [2.24, 2.45) is 0 Å². The van der Waals surface area contributed by atoms with Gasteiger partial charge >= 0.3 is 0 Å². The zero-order valence-corrected chi connectivity index (χ0v) is 18.2. The second-order valence-corrected chi connectivity index (χ2v) is 8.36. The van der Waals surface area contributed by atoms with E-state index in [-0.39, 0.29) is 0 Å². The number of furan rings is 1. The van der Waals surface area contributed by atoms with E-state index in [1.54, 1.807) is 0 Å². The smallest absolute Gasteiger partial charge is 0.144 e. The van der Waals surface area contributed by atoms with Gasteiger partial charge in [-0.15, -0.1) is 0 Å². The number of imidazole rings is 1. The fourth-order valence-electron chi connectivity index (χ4n) is 5.20. The van der Waals surface area contributed by atoms with Crippen LogP contribution >= 0.6 is 0 Å². The SMILES string of the molecule is CCn1c2ccccc2c2cc(-c3nccn3-c3cccc4oc5ccccc5c34)ccc21. The molecular formula is C29H21N3O. The first-order chi connectivity index (χ1) is 16.3. The van der Waals surface area contributed by atoms with E-state index in [1.165, 1.54) is 21.8 Å². The molecule has 4 nitrogen and oxygen atoms in total. The molecule has 4 heteroatoms. The van der Waals surface area contributed by atoms with Gasteiger partial charge < -0.3 is 8.98 Å². The Morgan fingerprint density at radius 1 is 0.758 bits per heavy atom. The number of fused-ring (bicyclic) bond motifs is 6. The molecule has 3 aromatic heterocycles. The van der Waals surface area contributed by atoms with Gasteiger partial charge in [0.25, 0.3) is 0 Å². The number of hydrogen-bond acceptors (Lipinski definition) is 2. The Bertz CT molecular complexity index is 1820. The summed E-state index contributed by atoms with van der Waals surface area (Å²) in [6.07, 6.45) is 3.90. The minimum atomic E-state index is 0.884. The van der Waals surface area contributed by atoms with Gasteiger partial charge in [0.15, 0.2) is 0 Å². The Labute approximate surface area is 190 Å². The summed E-state index contributed by atoms with van der Waals surface area (Å²) in [4.78, 5) is 4.77. The van der Waals surface area contributed by atoms with Crippen LogP contribution in [-0.2, 0) is 6.54 Å². The molecule has 0 saturated heterocycles. The standard InChI is InChI=1S/C29H21N3O/c1-2-31-23-10-5-3-8-20(23)22-18-19(14-15-24(22)31)29-30-16-17-32(29)25-11-7-13-27-28(25)21-9-4-6-12-26(21)33-27/h3-18H,2H2,1H3. The molecule has 0 radical (unpaired) electrons. The van der Waals surface area contributed by atoms with Crippen LogP contribution in [-0.4, -0.2) is 14.1 Å². The first-order valence-electron chi connectivity index (χ1n) is 11.3. The number of hydrogen-bond donors (Lipinski definition) is 0. The summed E-state index contributed by atoms with van der Waals surface area (Å²) in [6.45, 7) is 3.13. The van der Waals surface area contributed by atoms with Crippen LogP contribution in [0.1, 0.15) is 6.92 Å². The monoisotopic (exact) mass is 427 g/mol. The fraction of sp³-hybridized carbons (Fsp3) is 0.0690. The molecule has 0 N–H and O–H groups in total. The molecule has 0 amide bonds. The maximum Gasteiger partial charge on any atom is 0.144 e. The average molecular weight is 428 g/mol. The minimum Gasteiger partial charge on any atom is -0.456 e. The minimum absolute atomic E-state index is 0.884. The van der Waals surface area contributed by atoms with Crippen molar-refractivity contribution < 1.29 is 4.42 Å². The molecule has 0 unspecified atom stereocenters. The lowest BCUT2D eigenvalue weighted by atomic mass is 10.1. The van der Waals surface area contributed by atoms with Crippen LogP contribution in [0.3, 0.4) is 0 Å². The molecule has 0 bridgehead atoms. The number of aryl methyl sites for hydroxylation is 1. The van der Waals surface area contributed by atoms with E-state index in [0.29, 0.717) is 0 Å². The van der Waals surface area contributed by atoms with Crippen LogP contribution in [0.4, 0.5) is 0 Å². The highest BCUT2D eigenvalue weighted by Crippen LogP contribution is 2.36. The lowest BCUT2D eigenvalue weighted by molar-refractivity contribution is 0.669. The summed E-state index contributed by atoms with van der Waals surface area (Å²) in [5.41, 5.74) is 6.47. The van der Waals surface area contributed by atoms with Gasteiger partial charge in [-0.25, -0.2) is 4.98 Å². The van der Waals surface area contributed by atoms with E-state index in [0.717, 1.165) is 45.6 Å². The van der Waals surface area contributed by atoms with Crippen LogP contribution in [0.15, 0.2) is 102 Å². The van der Waals surface area contributed by atoms with Crippen molar-refractivity contribution in [3.8, 4) is 17.1 Å². The Morgan fingerprint density at radius 3 is 2.45 bits per heavy atom. The van der Waals surface area contributed by atoms with E-state index in [2.05, 4.69) is 76.7 Å². The summed E-state index contributed by atoms with van der Waals surface area (Å²) in [7, 11) is 0. The molecule has 0 aliphatic rings. The number of nitrogens with zero attached hydrogens (tertiary/aromatic N) is 3. The van der Waals surface area contributed by atoms with Crippen LogP contribution in [0.2, 0.25) is 0 Å². The van der Waals surface area contributed by atoms with Crippen molar-refractivity contribution in [1.82, 2.24) is 14.1 Å². The topological polar surface area (TPSA) is 35.9 Å². The van der Waals surface area contributed by atoms with Crippen LogP contribution < -0.4 is 0 Å².